The highest BCUT2D eigenvalue weighted by molar-refractivity contribution is 7.91. The van der Waals surface area contributed by atoms with Crippen LogP contribution >= 0.6 is 0 Å². The SMILES string of the molecule is O=C(C1CCC1)N1C[C@@H]2c3nc(NCC4CC4)ncc3CS(=O)(=O)[C@@H]2C1. The highest BCUT2D eigenvalue weighted by Crippen LogP contribution is 2.41. The number of sulfone groups is 1. The van der Waals surface area contributed by atoms with Gasteiger partial charge in [-0.25, -0.2) is 18.4 Å². The van der Waals surface area contributed by atoms with Crippen molar-refractivity contribution in [1.82, 2.24) is 14.9 Å². The molecule has 0 bridgehead atoms. The van der Waals surface area contributed by atoms with E-state index in [0.29, 0.717) is 30.5 Å². The maximum atomic E-state index is 12.7. The van der Waals surface area contributed by atoms with Crippen molar-refractivity contribution in [2.75, 3.05) is 25.0 Å². The predicted molar refractivity (Wildman–Crippen MR) is 96.3 cm³/mol. The van der Waals surface area contributed by atoms with Crippen molar-refractivity contribution in [1.29, 1.82) is 0 Å². The van der Waals surface area contributed by atoms with Gasteiger partial charge < -0.3 is 10.2 Å². The molecule has 1 N–H and O–H groups in total. The molecule has 140 valence electrons. The predicted octanol–water partition coefficient (Wildman–Crippen LogP) is 1.32. The number of hydrogen-bond donors (Lipinski definition) is 1. The summed E-state index contributed by atoms with van der Waals surface area (Å²) in [4.78, 5) is 23.4. The van der Waals surface area contributed by atoms with Gasteiger partial charge >= 0.3 is 0 Å². The monoisotopic (exact) mass is 376 g/mol. The van der Waals surface area contributed by atoms with E-state index in [1.807, 2.05) is 0 Å². The van der Waals surface area contributed by atoms with E-state index < -0.39 is 15.1 Å². The molecule has 2 saturated carbocycles. The molecule has 2 aliphatic heterocycles. The molecule has 1 aromatic heterocycles. The average molecular weight is 376 g/mol. The second kappa shape index (κ2) is 5.90. The lowest BCUT2D eigenvalue weighted by Gasteiger charge is -2.29. The molecule has 0 radical (unpaired) electrons. The first-order valence-corrected chi connectivity index (χ1v) is 11.3. The minimum atomic E-state index is -3.28. The van der Waals surface area contributed by atoms with Crippen LogP contribution in [0.4, 0.5) is 5.95 Å². The number of carbonyl (C=O) groups excluding carboxylic acids is 1. The Morgan fingerprint density at radius 3 is 2.73 bits per heavy atom. The molecule has 2 atom stereocenters. The van der Waals surface area contributed by atoms with E-state index in [1.165, 1.54) is 12.8 Å². The maximum Gasteiger partial charge on any atom is 0.225 e. The molecule has 4 aliphatic rings. The first-order valence-electron chi connectivity index (χ1n) is 9.61. The van der Waals surface area contributed by atoms with Crippen LogP contribution in [0.25, 0.3) is 0 Å². The highest BCUT2D eigenvalue weighted by atomic mass is 32.2. The van der Waals surface area contributed by atoms with E-state index in [-0.39, 0.29) is 23.5 Å². The fourth-order valence-electron chi connectivity index (χ4n) is 4.31. The second-order valence-electron chi connectivity index (χ2n) is 8.25. The molecular formula is C18H24N4O3S. The maximum absolute atomic E-state index is 12.7. The molecule has 8 heteroatoms. The lowest BCUT2D eigenvalue weighted by Crippen LogP contribution is -2.39. The Kier molecular flexibility index (Phi) is 3.74. The number of aromatic nitrogens is 2. The number of anilines is 1. The zero-order valence-corrected chi connectivity index (χ0v) is 15.5. The van der Waals surface area contributed by atoms with Gasteiger partial charge in [0.15, 0.2) is 9.84 Å². The summed E-state index contributed by atoms with van der Waals surface area (Å²) in [5.74, 6) is 1.28. The molecule has 0 spiro atoms. The van der Waals surface area contributed by atoms with Gasteiger partial charge in [0.05, 0.1) is 16.7 Å². The minimum absolute atomic E-state index is 0.0160. The topological polar surface area (TPSA) is 92.3 Å². The second-order valence-corrected chi connectivity index (χ2v) is 10.5. The molecular weight excluding hydrogens is 352 g/mol. The van der Waals surface area contributed by atoms with Crippen LogP contribution in [0.2, 0.25) is 0 Å². The molecule has 1 amide bonds. The van der Waals surface area contributed by atoms with E-state index in [0.717, 1.165) is 31.5 Å². The largest absolute Gasteiger partial charge is 0.354 e. The molecule has 3 heterocycles. The molecule has 1 saturated heterocycles. The quantitative estimate of drug-likeness (QED) is 0.852. The zero-order chi connectivity index (χ0) is 17.9. The number of hydrogen-bond acceptors (Lipinski definition) is 6. The van der Waals surface area contributed by atoms with Crippen molar-refractivity contribution < 1.29 is 13.2 Å². The zero-order valence-electron chi connectivity index (χ0n) is 14.7. The summed E-state index contributed by atoms with van der Waals surface area (Å²) in [5.41, 5.74) is 1.52. The highest BCUT2D eigenvalue weighted by Gasteiger charge is 2.49. The van der Waals surface area contributed by atoms with E-state index in [9.17, 15) is 13.2 Å². The van der Waals surface area contributed by atoms with Crippen molar-refractivity contribution in [3.63, 3.8) is 0 Å². The van der Waals surface area contributed by atoms with Gasteiger partial charge in [-0.2, -0.15) is 0 Å². The van der Waals surface area contributed by atoms with Gasteiger partial charge in [-0.15, -0.1) is 0 Å². The molecule has 0 unspecified atom stereocenters. The lowest BCUT2D eigenvalue weighted by atomic mass is 9.84. The summed E-state index contributed by atoms with van der Waals surface area (Å²) in [6, 6.07) is 0. The smallest absolute Gasteiger partial charge is 0.225 e. The Balaban J connectivity index is 1.42. The van der Waals surface area contributed by atoms with Crippen LogP contribution in [0.15, 0.2) is 6.20 Å². The van der Waals surface area contributed by atoms with Crippen molar-refractivity contribution in [3.05, 3.63) is 17.5 Å². The summed E-state index contributed by atoms with van der Waals surface area (Å²) in [6.07, 6.45) is 7.12. The molecule has 1 aromatic rings. The summed E-state index contributed by atoms with van der Waals surface area (Å²) < 4.78 is 25.5. The lowest BCUT2D eigenvalue weighted by molar-refractivity contribution is -0.137. The number of rotatable bonds is 4. The number of likely N-dealkylation sites (tertiary alicyclic amines) is 1. The van der Waals surface area contributed by atoms with E-state index in [4.69, 9.17) is 0 Å². The van der Waals surface area contributed by atoms with Crippen LogP contribution < -0.4 is 5.32 Å². The number of nitrogens with one attached hydrogen (secondary N) is 1. The van der Waals surface area contributed by atoms with Crippen LogP contribution in [0, 0.1) is 11.8 Å². The normalized spacial score (nSPS) is 29.6. The van der Waals surface area contributed by atoms with Crippen molar-refractivity contribution in [2.45, 2.75) is 49.0 Å². The standard InChI is InChI=1S/C18H24N4O3S/c23-17(12-2-1-3-12)22-8-14-15(9-22)26(24,25)10-13-7-20-18(21-16(13)14)19-6-11-4-5-11/h7,11-12,14-15H,1-6,8-10H2,(H,19,20,21)/t14-,15+/m0/s1. The summed E-state index contributed by atoms with van der Waals surface area (Å²) >= 11 is 0. The number of fused-ring (bicyclic) bond motifs is 3. The first-order chi connectivity index (χ1) is 12.5. The Morgan fingerprint density at radius 2 is 2.04 bits per heavy atom. The summed E-state index contributed by atoms with van der Waals surface area (Å²) in [7, 11) is -3.28. The molecule has 26 heavy (non-hydrogen) atoms. The van der Waals surface area contributed by atoms with Gasteiger partial charge in [-0.05, 0) is 31.6 Å². The van der Waals surface area contributed by atoms with E-state index in [2.05, 4.69) is 15.3 Å². The summed E-state index contributed by atoms with van der Waals surface area (Å²) in [6.45, 7) is 1.65. The van der Waals surface area contributed by atoms with Crippen molar-refractivity contribution >= 4 is 21.7 Å². The van der Waals surface area contributed by atoms with Crippen LogP contribution in [0.3, 0.4) is 0 Å². The van der Waals surface area contributed by atoms with Crippen molar-refractivity contribution in [3.8, 4) is 0 Å². The van der Waals surface area contributed by atoms with Gasteiger partial charge in [0.1, 0.15) is 0 Å². The molecule has 3 fully saturated rings. The van der Waals surface area contributed by atoms with Crippen LogP contribution in [0.5, 0.6) is 0 Å². The Bertz CT molecular complexity index is 848. The first kappa shape index (κ1) is 16.5. The Morgan fingerprint density at radius 1 is 1.23 bits per heavy atom. The number of nitrogens with zero attached hydrogens (tertiary/aromatic N) is 3. The third kappa shape index (κ3) is 2.78. The van der Waals surface area contributed by atoms with E-state index >= 15 is 0 Å². The Hall–Kier alpha value is -1.70. The van der Waals surface area contributed by atoms with Crippen LogP contribution in [0.1, 0.15) is 49.3 Å². The van der Waals surface area contributed by atoms with Crippen LogP contribution in [-0.4, -0.2) is 54.1 Å². The minimum Gasteiger partial charge on any atom is -0.354 e. The van der Waals surface area contributed by atoms with Gasteiger partial charge in [-0.3, -0.25) is 4.79 Å². The number of carbonyl (C=O) groups is 1. The van der Waals surface area contributed by atoms with Gasteiger partial charge in [0.25, 0.3) is 0 Å². The average Bonchev–Trinajstić information content (AvgIpc) is 3.26. The Labute approximate surface area is 153 Å². The molecule has 2 aliphatic carbocycles. The summed E-state index contributed by atoms with van der Waals surface area (Å²) in [5, 5.41) is 2.75. The number of amides is 1. The fourth-order valence-corrected chi connectivity index (χ4v) is 6.31. The fraction of sp³-hybridized carbons (Fsp3) is 0.722. The van der Waals surface area contributed by atoms with Gasteiger partial charge in [-0.1, -0.05) is 6.42 Å². The molecule has 0 aromatic carbocycles. The van der Waals surface area contributed by atoms with Crippen molar-refractivity contribution in [2.24, 2.45) is 11.8 Å². The van der Waals surface area contributed by atoms with Crippen LogP contribution in [-0.2, 0) is 20.4 Å². The molecule has 5 rings (SSSR count). The van der Waals surface area contributed by atoms with Gasteiger partial charge in [0, 0.05) is 43.2 Å². The van der Waals surface area contributed by atoms with Gasteiger partial charge in [0.2, 0.25) is 11.9 Å². The third-order valence-electron chi connectivity index (χ3n) is 6.35. The molecule has 7 nitrogen and oxygen atoms in total. The van der Waals surface area contributed by atoms with E-state index in [1.54, 1.807) is 11.1 Å². The third-order valence-corrected chi connectivity index (χ3v) is 8.46.